The topological polar surface area (TPSA) is 40.5 Å². The molecule has 1 fully saturated rings. The van der Waals surface area contributed by atoms with E-state index in [1.807, 2.05) is 0 Å². The zero-order valence-corrected chi connectivity index (χ0v) is 7.29. The van der Waals surface area contributed by atoms with E-state index in [9.17, 15) is 0 Å². The normalized spacial score (nSPS) is 25.2. The van der Waals surface area contributed by atoms with E-state index < -0.39 is 0 Å². The number of hydrogen-bond acceptors (Lipinski definition) is 2. The van der Waals surface area contributed by atoms with Crippen molar-refractivity contribution in [2.75, 3.05) is 20.1 Å². The predicted octanol–water partition coefficient (Wildman–Crippen LogP) is 0.370. The molecule has 0 bridgehead atoms. The molecule has 0 aliphatic carbocycles. The second kappa shape index (κ2) is 6.72. The summed E-state index contributed by atoms with van der Waals surface area (Å²) in [6.45, 7) is 2.37. The van der Waals surface area contributed by atoms with Crippen molar-refractivity contribution in [2.45, 2.75) is 17.4 Å². The number of nitrogens with zero attached hydrogens (tertiary/aromatic N) is 1. The Bertz CT molecular complexity index is 103. The summed E-state index contributed by atoms with van der Waals surface area (Å²) < 4.78 is 0.939. The fourth-order valence-corrected chi connectivity index (χ4v) is 1.42. The van der Waals surface area contributed by atoms with E-state index in [0.717, 1.165) is 4.59 Å². The van der Waals surface area contributed by atoms with Crippen molar-refractivity contribution in [3.63, 3.8) is 0 Å². The molecule has 1 aliphatic rings. The Morgan fingerprint density at radius 2 is 2.27 bits per heavy atom. The molecule has 1 heterocycles. The van der Waals surface area contributed by atoms with Crippen LogP contribution < -0.4 is 0 Å². The molecule has 1 unspecified atom stereocenters. The van der Waals surface area contributed by atoms with E-state index in [1.54, 1.807) is 0 Å². The van der Waals surface area contributed by atoms with Gasteiger partial charge in [-0.15, -0.1) is 0 Å². The second-order valence-corrected chi connectivity index (χ2v) is 3.12. The summed E-state index contributed by atoms with van der Waals surface area (Å²) in [5.41, 5.74) is 0. The van der Waals surface area contributed by atoms with Gasteiger partial charge in [-0.2, -0.15) is 0 Å². The van der Waals surface area contributed by atoms with Gasteiger partial charge >= 0.3 is 60.2 Å². The number of piperidine rings is 1. The fourth-order valence-electron chi connectivity index (χ4n) is 1.42. The first-order valence-electron chi connectivity index (χ1n) is 3.97. The molecule has 0 radical (unpaired) electrons. The van der Waals surface area contributed by atoms with Gasteiger partial charge in [-0.1, -0.05) is 0 Å². The van der Waals surface area contributed by atoms with Crippen LogP contribution >= 0.6 is 0 Å². The summed E-state index contributed by atoms with van der Waals surface area (Å²) in [7, 11) is 2.20. The van der Waals surface area contributed by atoms with E-state index in [1.165, 1.54) is 25.9 Å². The summed E-state index contributed by atoms with van der Waals surface area (Å²) >= 11 is 2.33. The van der Waals surface area contributed by atoms with Crippen LogP contribution in [0, 0.1) is 0 Å². The van der Waals surface area contributed by atoms with Gasteiger partial charge < -0.3 is 5.11 Å². The van der Waals surface area contributed by atoms with Crippen LogP contribution in [0.15, 0.2) is 0 Å². The van der Waals surface area contributed by atoms with E-state index in [2.05, 4.69) is 29.7 Å². The van der Waals surface area contributed by atoms with Gasteiger partial charge in [0.25, 0.3) is 6.47 Å². The van der Waals surface area contributed by atoms with Gasteiger partial charge in [-0.3, -0.25) is 4.79 Å². The molecule has 1 atom stereocenters. The number of likely N-dealkylation sites (tertiary alicyclic amines) is 1. The zero-order valence-electron chi connectivity index (χ0n) is 7.29. The summed E-state index contributed by atoms with van der Waals surface area (Å²) in [5, 5.41) is 6.89. The molecule has 60 valence electrons. The van der Waals surface area contributed by atoms with Gasteiger partial charge in [-0.25, -0.2) is 0 Å². The Kier molecular flexibility index (Phi) is 6.74. The Labute approximate surface area is 77.0 Å². The molecule has 1 rings (SSSR count). The molecule has 0 aromatic heterocycles. The van der Waals surface area contributed by atoms with Crippen LogP contribution in [0.1, 0.15) is 12.8 Å². The van der Waals surface area contributed by atoms with Gasteiger partial charge in [-0.05, 0) is 0 Å². The van der Waals surface area contributed by atoms with Crippen LogP contribution in [0.5, 0.6) is 0 Å². The Balaban J connectivity index is 0.000000292. The molecule has 0 aromatic rings. The Hall–Kier alpha value is 0.0274. The molecule has 0 amide bonds. The van der Waals surface area contributed by atoms with Crippen molar-refractivity contribution < 1.29 is 9.90 Å². The monoisotopic (exact) mass is 151 g/mol. The minimum absolute atomic E-state index is 0.250. The Morgan fingerprint density at radius 3 is 2.55 bits per heavy atom. The molecule has 0 saturated carbocycles. The van der Waals surface area contributed by atoms with Crippen LogP contribution in [-0.4, -0.2) is 54.3 Å². The Morgan fingerprint density at radius 1 is 1.73 bits per heavy atom. The first-order chi connectivity index (χ1) is 5.20. The molecule has 0 spiro atoms. The van der Waals surface area contributed by atoms with Crippen molar-refractivity contribution in [3.8, 4) is 0 Å². The van der Waals surface area contributed by atoms with Gasteiger partial charge in [0.05, 0.1) is 0 Å². The maximum absolute atomic E-state index is 8.36. The van der Waals surface area contributed by atoms with Gasteiger partial charge in [0.2, 0.25) is 0 Å². The van der Waals surface area contributed by atoms with Gasteiger partial charge in [0.1, 0.15) is 0 Å². The number of carboxylic acid groups (broad SMARTS) is 1. The number of carbonyl (C=O) groups is 1. The van der Waals surface area contributed by atoms with E-state index in [4.69, 9.17) is 9.90 Å². The van der Waals surface area contributed by atoms with Gasteiger partial charge in [0.15, 0.2) is 0 Å². The maximum atomic E-state index is 8.36. The summed E-state index contributed by atoms with van der Waals surface area (Å²) in [5.74, 6) is 0. The summed E-state index contributed by atoms with van der Waals surface area (Å²) in [4.78, 5) is 10.8. The average Bonchev–Trinajstić information content (AvgIpc) is 1.88. The standard InChI is InChI=1S/C6H12N.CH2O2.Li/c1-7-5-3-2-4-6-7;2-1-3;/h3H,2,4-6H2,1H3;1H,(H,2,3);. The third-order valence-electron chi connectivity index (χ3n) is 1.86. The molecule has 11 heavy (non-hydrogen) atoms. The van der Waals surface area contributed by atoms with Crippen molar-refractivity contribution >= 4 is 24.2 Å². The SMILES string of the molecule is O=CO.[Li][CH]1CCCN(C)C1. The molecular weight excluding hydrogens is 137 g/mol. The molecular formula is C7H14LiNO2. The van der Waals surface area contributed by atoms with Crippen molar-refractivity contribution in [3.05, 3.63) is 0 Å². The van der Waals surface area contributed by atoms with E-state index >= 15 is 0 Å². The first kappa shape index (κ1) is 11.0. The van der Waals surface area contributed by atoms with Crippen molar-refractivity contribution in [1.29, 1.82) is 0 Å². The third-order valence-corrected chi connectivity index (χ3v) is 1.86. The summed E-state index contributed by atoms with van der Waals surface area (Å²) in [6.07, 6.45) is 2.84. The third kappa shape index (κ3) is 6.43. The van der Waals surface area contributed by atoms with Crippen molar-refractivity contribution in [1.82, 2.24) is 4.90 Å². The van der Waals surface area contributed by atoms with E-state index in [0.29, 0.717) is 0 Å². The number of hydrogen-bond donors (Lipinski definition) is 1. The molecule has 1 N–H and O–H groups in total. The molecule has 1 saturated heterocycles. The van der Waals surface area contributed by atoms with Crippen LogP contribution in [0.3, 0.4) is 0 Å². The summed E-state index contributed by atoms with van der Waals surface area (Å²) in [6, 6.07) is 0. The quantitative estimate of drug-likeness (QED) is 0.401. The molecule has 4 heteroatoms. The van der Waals surface area contributed by atoms with Crippen molar-refractivity contribution in [2.24, 2.45) is 0 Å². The van der Waals surface area contributed by atoms with Crippen LogP contribution in [0.2, 0.25) is 4.59 Å². The van der Waals surface area contributed by atoms with Gasteiger partial charge in [0, 0.05) is 0 Å². The molecule has 3 nitrogen and oxygen atoms in total. The van der Waals surface area contributed by atoms with Crippen LogP contribution in [0.25, 0.3) is 0 Å². The first-order valence-corrected chi connectivity index (χ1v) is 3.97. The minimum atomic E-state index is -0.250. The van der Waals surface area contributed by atoms with E-state index in [-0.39, 0.29) is 6.47 Å². The fraction of sp³-hybridized carbons (Fsp3) is 0.857. The van der Waals surface area contributed by atoms with Crippen LogP contribution in [0.4, 0.5) is 0 Å². The average molecular weight is 151 g/mol. The molecule has 1 aliphatic heterocycles. The predicted molar refractivity (Wildman–Crippen MR) is 44.9 cm³/mol. The molecule has 0 aromatic carbocycles. The zero-order chi connectivity index (χ0) is 8.69. The number of rotatable bonds is 0. The second-order valence-electron chi connectivity index (χ2n) is 3.12. The van der Waals surface area contributed by atoms with Crippen LogP contribution in [-0.2, 0) is 4.79 Å².